The summed E-state index contributed by atoms with van der Waals surface area (Å²) in [5.41, 5.74) is 5.69. The average molecular weight is 835 g/mol. The van der Waals surface area contributed by atoms with Gasteiger partial charge in [-0.3, -0.25) is 14.6 Å². The molecule has 5 saturated heterocycles. The highest BCUT2D eigenvalue weighted by atomic mass is 35.5. The monoisotopic (exact) mass is 834 g/mol. The van der Waals surface area contributed by atoms with Crippen LogP contribution in [0.4, 0.5) is 24.0 Å². The first kappa shape index (κ1) is 38.3. The van der Waals surface area contributed by atoms with Gasteiger partial charge >= 0.3 is 6.01 Å². The van der Waals surface area contributed by atoms with Crippen molar-refractivity contribution in [1.29, 1.82) is 5.26 Å². The molecule has 306 valence electrons. The van der Waals surface area contributed by atoms with Crippen molar-refractivity contribution in [2.75, 3.05) is 82.8 Å². The molecule has 0 radical (unpaired) electrons. The number of rotatable bonds is 8. The number of amides is 1. The third kappa shape index (κ3) is 6.45. The number of carbonyl (C=O) groups is 1. The maximum absolute atomic E-state index is 17.4. The Morgan fingerprint density at radius 2 is 1.91 bits per heavy atom. The van der Waals surface area contributed by atoms with E-state index in [0.29, 0.717) is 69.5 Å². The quantitative estimate of drug-likeness (QED) is 0.203. The number of likely N-dealkylation sites (tertiary alicyclic amines) is 1. The van der Waals surface area contributed by atoms with Crippen molar-refractivity contribution in [3.05, 3.63) is 40.4 Å². The van der Waals surface area contributed by atoms with Crippen LogP contribution >= 0.6 is 22.9 Å². The van der Waals surface area contributed by atoms with Crippen LogP contribution in [0.25, 0.3) is 32.1 Å². The maximum Gasteiger partial charge on any atom is 0.319 e. The zero-order valence-electron chi connectivity index (χ0n) is 32.3. The van der Waals surface area contributed by atoms with E-state index in [9.17, 15) is 14.4 Å². The number of nitrogen functional groups attached to an aromatic ring is 1. The smallest absolute Gasteiger partial charge is 0.319 e. The molecule has 11 nitrogen and oxygen atoms in total. The van der Waals surface area contributed by atoms with Crippen LogP contribution in [0.1, 0.15) is 56.9 Å². The summed E-state index contributed by atoms with van der Waals surface area (Å²) < 4.78 is 59.4. The number of fused-ring (bicyclic) bond motifs is 3. The second-order valence-electron chi connectivity index (χ2n) is 17.4. The lowest BCUT2D eigenvalue weighted by Crippen LogP contribution is -2.66. The Balaban J connectivity index is 1.02. The van der Waals surface area contributed by atoms with Crippen molar-refractivity contribution in [1.82, 2.24) is 24.7 Å². The minimum absolute atomic E-state index is 0.0264. The lowest BCUT2D eigenvalue weighted by Gasteiger charge is -2.53. The minimum Gasteiger partial charge on any atom is -0.461 e. The molecule has 2 aromatic carbocycles. The fourth-order valence-electron chi connectivity index (χ4n) is 10.7. The molecular formula is C42H46ClF3N8O3S. The predicted octanol–water partition coefficient (Wildman–Crippen LogP) is 6.78. The second kappa shape index (κ2) is 14.7. The number of hydrogen-bond donors (Lipinski definition) is 1. The summed E-state index contributed by atoms with van der Waals surface area (Å²) in [7, 11) is 0. The molecule has 6 fully saturated rings. The van der Waals surface area contributed by atoms with Gasteiger partial charge < -0.3 is 25.0 Å². The van der Waals surface area contributed by atoms with Crippen molar-refractivity contribution in [3.8, 4) is 23.2 Å². The highest BCUT2D eigenvalue weighted by Gasteiger charge is 2.52. The zero-order chi connectivity index (χ0) is 39.9. The average Bonchev–Trinajstić information content (AvgIpc) is 3.83. The van der Waals surface area contributed by atoms with Gasteiger partial charge in [0.15, 0.2) is 5.82 Å². The molecule has 3 atom stereocenters. The number of benzene rings is 2. The highest BCUT2D eigenvalue weighted by molar-refractivity contribution is 7.23. The summed E-state index contributed by atoms with van der Waals surface area (Å²) in [6, 6.07) is 6.21. The summed E-state index contributed by atoms with van der Waals surface area (Å²) in [5.74, 6) is -0.261. The van der Waals surface area contributed by atoms with E-state index in [2.05, 4.69) is 25.8 Å². The molecule has 58 heavy (non-hydrogen) atoms. The number of thiophene rings is 1. The second-order valence-corrected chi connectivity index (χ2v) is 18.9. The number of nitrogens with two attached hydrogens (primary N) is 1. The van der Waals surface area contributed by atoms with Crippen LogP contribution in [-0.4, -0.2) is 121 Å². The van der Waals surface area contributed by atoms with Crippen LogP contribution in [0.15, 0.2) is 18.2 Å². The Kier molecular flexibility index (Phi) is 9.67. The van der Waals surface area contributed by atoms with E-state index in [-0.39, 0.29) is 72.3 Å². The first-order valence-electron chi connectivity index (χ1n) is 20.6. The van der Waals surface area contributed by atoms with Gasteiger partial charge in [0.1, 0.15) is 41.0 Å². The van der Waals surface area contributed by atoms with Gasteiger partial charge in [0.2, 0.25) is 5.91 Å². The predicted molar refractivity (Wildman–Crippen MR) is 217 cm³/mol. The molecule has 10 rings (SSSR count). The molecule has 1 unspecified atom stereocenters. The van der Waals surface area contributed by atoms with E-state index in [1.807, 2.05) is 4.90 Å². The third-order valence-corrected chi connectivity index (χ3v) is 14.9. The first-order chi connectivity index (χ1) is 28.1. The van der Waals surface area contributed by atoms with E-state index < -0.39 is 23.3 Å². The largest absolute Gasteiger partial charge is 0.461 e. The number of ether oxygens (including phenoxy) is 2. The standard InChI is InChI=1S/C42H46ClF3N8O3S/c43-29-16-27-34(33(46)32(29)26-6-7-30(45)36-31(26)28(18-47)37(48)58-36)49-40(57-23-42-9-3-11-54(42)19-25(44)17-42)50-38(27)52-10-2-1-8-41(20-52)21-53(22-41)39(55)35(24-4-5-24)51-12-14-56-15-13-51/h6-7,16,24-25,35H,1-5,8-15,17,19-23,48H2/t25-,35?,42+/m1/s1. The maximum atomic E-state index is 17.4. The van der Waals surface area contributed by atoms with Crippen LogP contribution in [0.2, 0.25) is 5.02 Å². The van der Waals surface area contributed by atoms with Gasteiger partial charge in [-0.1, -0.05) is 24.1 Å². The molecule has 1 amide bonds. The fraction of sp³-hybridized carbons (Fsp3) is 0.571. The number of halogens is 4. The molecule has 5 aliphatic heterocycles. The summed E-state index contributed by atoms with van der Waals surface area (Å²) in [6.45, 7) is 6.64. The Hall–Kier alpha value is -3.94. The van der Waals surface area contributed by atoms with Gasteiger partial charge in [0.25, 0.3) is 0 Å². The first-order valence-corrected chi connectivity index (χ1v) is 21.7. The number of aromatic nitrogens is 2. The number of nitriles is 1. The summed E-state index contributed by atoms with van der Waals surface area (Å²) in [6.07, 6.45) is 6.04. The minimum atomic E-state index is -0.952. The van der Waals surface area contributed by atoms with Gasteiger partial charge in [-0.25, -0.2) is 13.2 Å². The van der Waals surface area contributed by atoms with Crippen molar-refractivity contribution in [3.63, 3.8) is 0 Å². The van der Waals surface area contributed by atoms with Crippen LogP contribution in [0, 0.1) is 34.3 Å². The number of morpholine rings is 1. The highest BCUT2D eigenvalue weighted by Crippen LogP contribution is 2.48. The number of anilines is 2. The van der Waals surface area contributed by atoms with Gasteiger partial charge in [-0.2, -0.15) is 15.2 Å². The van der Waals surface area contributed by atoms with Crippen molar-refractivity contribution in [2.45, 2.75) is 69.1 Å². The molecule has 0 bridgehead atoms. The fourth-order valence-corrected chi connectivity index (χ4v) is 11.9. The molecule has 4 aromatic rings. The summed E-state index contributed by atoms with van der Waals surface area (Å²) in [4.78, 5) is 32.4. The molecule has 16 heteroatoms. The molecular weight excluding hydrogens is 789 g/mol. The molecule has 1 saturated carbocycles. The van der Waals surface area contributed by atoms with Crippen LogP contribution < -0.4 is 15.4 Å². The number of alkyl halides is 1. The van der Waals surface area contributed by atoms with E-state index >= 15 is 8.78 Å². The van der Waals surface area contributed by atoms with E-state index in [1.165, 1.54) is 12.1 Å². The van der Waals surface area contributed by atoms with Gasteiger partial charge in [0.05, 0.1) is 40.1 Å². The lowest BCUT2D eigenvalue weighted by atomic mass is 9.75. The number of carbonyl (C=O) groups excluding carboxylic acids is 1. The van der Waals surface area contributed by atoms with E-state index in [1.54, 1.807) is 6.07 Å². The van der Waals surface area contributed by atoms with Gasteiger partial charge in [0, 0.05) is 74.0 Å². The topological polar surface area (TPSA) is 124 Å². The van der Waals surface area contributed by atoms with E-state index in [4.69, 9.17) is 31.8 Å². The lowest BCUT2D eigenvalue weighted by molar-refractivity contribution is -0.152. The molecule has 7 heterocycles. The van der Waals surface area contributed by atoms with Crippen LogP contribution in [-0.2, 0) is 9.53 Å². The Labute approximate surface area is 343 Å². The Morgan fingerprint density at radius 3 is 2.69 bits per heavy atom. The number of hydrogen-bond acceptors (Lipinski definition) is 11. The molecule has 2 aromatic heterocycles. The summed E-state index contributed by atoms with van der Waals surface area (Å²) >= 11 is 7.94. The van der Waals surface area contributed by atoms with Crippen molar-refractivity contribution in [2.24, 2.45) is 11.3 Å². The number of nitrogens with zero attached hydrogens (tertiary/aromatic N) is 7. The molecule has 6 aliphatic rings. The third-order valence-electron chi connectivity index (χ3n) is 13.6. The zero-order valence-corrected chi connectivity index (χ0v) is 33.8. The van der Waals surface area contributed by atoms with Crippen molar-refractivity contribution >= 4 is 60.7 Å². The van der Waals surface area contributed by atoms with Crippen LogP contribution in [0.5, 0.6) is 6.01 Å². The molecule has 1 spiro atoms. The van der Waals surface area contributed by atoms with Crippen molar-refractivity contribution < 1.29 is 27.4 Å². The molecule has 1 aliphatic carbocycles. The SMILES string of the molecule is N#Cc1c(N)sc2c(F)ccc(-c3c(Cl)cc4c(N5CCCCC6(CN(C(=O)C(C7CC7)N7CCOCC7)C6)C5)nc(OC[C@@]56CCCN5C[C@H](F)C6)nc4c3F)c12. The van der Waals surface area contributed by atoms with Gasteiger partial charge in [-0.15, -0.1) is 11.3 Å². The Morgan fingerprint density at radius 1 is 1.10 bits per heavy atom. The van der Waals surface area contributed by atoms with E-state index in [0.717, 1.165) is 75.9 Å². The van der Waals surface area contributed by atoms with Crippen LogP contribution in [0.3, 0.4) is 0 Å². The normalized spacial score (nSPS) is 25.5. The molecule has 2 N–H and O–H groups in total. The summed E-state index contributed by atoms with van der Waals surface area (Å²) in [5, 5.41) is 10.8. The Bertz CT molecular complexity index is 2340. The van der Waals surface area contributed by atoms with Gasteiger partial charge in [-0.05, 0) is 68.7 Å².